The Morgan fingerprint density at radius 2 is 1.92 bits per heavy atom. The van der Waals surface area contributed by atoms with Crippen molar-refractivity contribution in [3.8, 4) is 23.3 Å². The normalized spacial score (nSPS) is 15.1. The number of pyridine rings is 2. The van der Waals surface area contributed by atoms with Gasteiger partial charge in [0.25, 0.3) is 0 Å². The predicted molar refractivity (Wildman–Crippen MR) is 127 cm³/mol. The highest BCUT2D eigenvalue weighted by Gasteiger charge is 2.39. The molecule has 0 radical (unpaired) electrons. The molecule has 1 atom stereocenters. The molecule has 7 nitrogen and oxygen atoms in total. The van der Waals surface area contributed by atoms with Crippen molar-refractivity contribution in [3.63, 3.8) is 0 Å². The lowest BCUT2D eigenvalue weighted by Gasteiger charge is -2.17. The number of rotatable bonds is 6. The van der Waals surface area contributed by atoms with Gasteiger partial charge in [-0.3, -0.25) is 9.55 Å². The molecule has 36 heavy (non-hydrogen) atoms. The van der Waals surface area contributed by atoms with E-state index in [1.165, 1.54) is 12.1 Å². The topological polar surface area (TPSA) is 101 Å². The third-order valence-electron chi connectivity index (χ3n) is 6.14. The molecule has 0 amide bonds. The number of nitrogens with zero attached hydrogens (tertiary/aromatic N) is 4. The molecule has 0 saturated heterocycles. The number of hydrogen-bond donors (Lipinski definition) is 1. The van der Waals surface area contributed by atoms with Crippen LogP contribution in [-0.2, 0) is 10.0 Å². The van der Waals surface area contributed by atoms with Crippen LogP contribution in [0.25, 0.3) is 28.1 Å². The second kappa shape index (κ2) is 8.72. The van der Waals surface area contributed by atoms with Crippen molar-refractivity contribution in [2.24, 2.45) is 0 Å². The van der Waals surface area contributed by atoms with Crippen molar-refractivity contribution in [2.75, 3.05) is 0 Å². The summed E-state index contributed by atoms with van der Waals surface area (Å²) in [4.78, 5) is 8.27. The molecule has 1 fully saturated rings. The van der Waals surface area contributed by atoms with Gasteiger partial charge in [0.1, 0.15) is 22.8 Å². The molecule has 1 aliphatic carbocycles. The highest BCUT2D eigenvalue weighted by Crippen LogP contribution is 2.43. The number of nitriles is 1. The minimum Gasteiger partial charge on any atom is -0.291 e. The first-order valence-electron chi connectivity index (χ1n) is 11.2. The smallest absolute Gasteiger partial charge is 0.291 e. The van der Waals surface area contributed by atoms with Gasteiger partial charge in [-0.05, 0) is 61.6 Å². The fourth-order valence-electron chi connectivity index (χ4n) is 4.10. The van der Waals surface area contributed by atoms with Gasteiger partial charge in [0, 0.05) is 17.8 Å². The van der Waals surface area contributed by atoms with Crippen molar-refractivity contribution in [1.29, 1.82) is 5.26 Å². The number of alkyl halides is 3. The maximum Gasteiger partial charge on any atom is 0.404 e. The van der Waals surface area contributed by atoms with Crippen molar-refractivity contribution < 1.29 is 21.6 Å². The van der Waals surface area contributed by atoms with Crippen molar-refractivity contribution in [1.82, 2.24) is 19.3 Å². The molecule has 0 spiro atoms. The SMILES string of the molecule is C[C@H](NS(=O)(=O)c1ccc(-c2c(C#N)c3ccc(C4CC4)cc3n2-c2ccccn2)nc1)C(F)(F)F. The van der Waals surface area contributed by atoms with Gasteiger partial charge in [-0.1, -0.05) is 18.2 Å². The predicted octanol–water partition coefficient (Wildman–Crippen LogP) is 5.07. The van der Waals surface area contributed by atoms with Crippen LogP contribution in [0.5, 0.6) is 0 Å². The molecular weight excluding hydrogens is 491 g/mol. The van der Waals surface area contributed by atoms with E-state index in [2.05, 4.69) is 16.0 Å². The minimum atomic E-state index is -4.73. The van der Waals surface area contributed by atoms with Crippen LogP contribution in [0.4, 0.5) is 13.2 Å². The maximum absolute atomic E-state index is 12.9. The van der Waals surface area contributed by atoms with Gasteiger partial charge in [-0.2, -0.15) is 23.2 Å². The second-order valence-electron chi connectivity index (χ2n) is 8.67. The Labute approximate surface area is 205 Å². The van der Waals surface area contributed by atoms with Crippen LogP contribution < -0.4 is 4.72 Å². The van der Waals surface area contributed by atoms with E-state index in [0.717, 1.165) is 37.0 Å². The largest absolute Gasteiger partial charge is 0.404 e. The summed E-state index contributed by atoms with van der Waals surface area (Å²) in [7, 11) is -4.47. The molecular formula is C25H20F3N5O2S. The zero-order chi connectivity index (χ0) is 25.7. The number of benzene rings is 1. The number of nitrogens with one attached hydrogen (secondary N) is 1. The van der Waals surface area contributed by atoms with E-state index in [1.54, 1.807) is 27.6 Å². The number of halogens is 3. The summed E-state index contributed by atoms with van der Waals surface area (Å²) < 4.78 is 67.0. The van der Waals surface area contributed by atoms with Gasteiger partial charge >= 0.3 is 6.18 Å². The number of aromatic nitrogens is 3. The van der Waals surface area contributed by atoms with E-state index in [1.807, 2.05) is 24.3 Å². The highest BCUT2D eigenvalue weighted by molar-refractivity contribution is 7.89. The third kappa shape index (κ3) is 4.34. The molecule has 3 heterocycles. The average molecular weight is 512 g/mol. The van der Waals surface area contributed by atoms with Gasteiger partial charge in [-0.25, -0.2) is 13.4 Å². The lowest BCUT2D eigenvalue weighted by atomic mass is 10.1. The zero-order valence-electron chi connectivity index (χ0n) is 19.0. The first-order chi connectivity index (χ1) is 17.1. The summed E-state index contributed by atoms with van der Waals surface area (Å²) in [6.45, 7) is 0.722. The molecule has 3 aromatic heterocycles. The maximum atomic E-state index is 12.9. The van der Waals surface area contributed by atoms with Gasteiger partial charge in [-0.15, -0.1) is 0 Å². The molecule has 184 valence electrons. The van der Waals surface area contributed by atoms with Gasteiger partial charge < -0.3 is 0 Å². The van der Waals surface area contributed by atoms with Gasteiger partial charge in [0.15, 0.2) is 0 Å². The van der Waals surface area contributed by atoms with Gasteiger partial charge in [0.2, 0.25) is 10.0 Å². The molecule has 5 rings (SSSR count). The first-order valence-corrected chi connectivity index (χ1v) is 12.6. The quantitative estimate of drug-likeness (QED) is 0.390. The van der Waals surface area contributed by atoms with Crippen LogP contribution in [0.1, 0.15) is 36.8 Å². The van der Waals surface area contributed by atoms with E-state index >= 15 is 0 Å². The highest BCUT2D eigenvalue weighted by atomic mass is 32.2. The number of hydrogen-bond acceptors (Lipinski definition) is 5. The number of fused-ring (bicyclic) bond motifs is 1. The monoisotopic (exact) mass is 511 g/mol. The Bertz CT molecular complexity index is 1590. The van der Waals surface area contributed by atoms with Crippen LogP contribution in [0.3, 0.4) is 0 Å². The van der Waals surface area contributed by atoms with Crippen molar-refractivity contribution in [3.05, 3.63) is 72.1 Å². The first kappa shape index (κ1) is 24.0. The Balaban J connectivity index is 1.65. The Hall–Kier alpha value is -3.75. The summed E-state index contributed by atoms with van der Waals surface area (Å²) >= 11 is 0. The van der Waals surface area contributed by atoms with Crippen LogP contribution in [0, 0.1) is 11.3 Å². The van der Waals surface area contributed by atoms with Crippen molar-refractivity contribution in [2.45, 2.75) is 42.8 Å². The molecule has 1 aliphatic rings. The standard InChI is InChI=1S/C25H20F3N5O2S/c1-15(25(26,27)28)32-36(34,35)18-8-10-21(31-14-18)24-20(13-29)19-9-7-17(16-5-6-16)12-22(19)33(24)23-4-2-3-11-30-23/h2-4,7-12,14-16,32H,5-6H2,1H3/t15-/m0/s1. The van der Waals surface area contributed by atoms with Crippen LogP contribution in [0.2, 0.25) is 0 Å². The average Bonchev–Trinajstić information content (AvgIpc) is 3.65. The lowest BCUT2D eigenvalue weighted by molar-refractivity contribution is -0.147. The van der Waals surface area contributed by atoms with E-state index in [4.69, 9.17) is 0 Å². The number of sulfonamides is 1. The molecule has 0 aliphatic heterocycles. The van der Waals surface area contributed by atoms with E-state index in [0.29, 0.717) is 28.4 Å². The Morgan fingerprint density at radius 1 is 1.14 bits per heavy atom. The lowest BCUT2D eigenvalue weighted by Crippen LogP contribution is -2.42. The second-order valence-corrected chi connectivity index (χ2v) is 10.4. The summed E-state index contributed by atoms with van der Waals surface area (Å²) in [5.41, 5.74) is 2.96. The van der Waals surface area contributed by atoms with Crippen LogP contribution >= 0.6 is 0 Å². The molecule has 1 aromatic carbocycles. The molecule has 0 unspecified atom stereocenters. The summed E-state index contributed by atoms with van der Waals surface area (Å²) in [5, 5.41) is 10.8. The fraction of sp³-hybridized carbons (Fsp3) is 0.240. The third-order valence-corrected chi connectivity index (χ3v) is 7.67. The van der Waals surface area contributed by atoms with Crippen molar-refractivity contribution >= 4 is 20.9 Å². The minimum absolute atomic E-state index is 0.282. The molecule has 1 saturated carbocycles. The van der Waals surface area contributed by atoms with E-state index < -0.39 is 27.1 Å². The Morgan fingerprint density at radius 3 is 2.50 bits per heavy atom. The molecule has 1 N–H and O–H groups in total. The van der Waals surface area contributed by atoms with E-state index in [-0.39, 0.29) is 5.69 Å². The molecule has 11 heteroatoms. The van der Waals surface area contributed by atoms with Crippen LogP contribution in [-0.4, -0.2) is 35.2 Å². The molecule has 4 aromatic rings. The summed E-state index contributed by atoms with van der Waals surface area (Å²) in [6.07, 6.45) is 0.0832. The zero-order valence-corrected chi connectivity index (χ0v) is 19.8. The van der Waals surface area contributed by atoms with Gasteiger partial charge in [0.05, 0.1) is 22.5 Å². The summed E-state index contributed by atoms with van der Waals surface area (Å²) in [6, 6.07) is 13.8. The van der Waals surface area contributed by atoms with E-state index in [9.17, 15) is 26.9 Å². The molecule has 0 bridgehead atoms. The van der Waals surface area contributed by atoms with Crippen LogP contribution in [0.15, 0.2) is 65.8 Å². The summed E-state index contributed by atoms with van der Waals surface area (Å²) in [5.74, 6) is 1.02. The Kier molecular flexibility index (Phi) is 5.81. The fourth-order valence-corrected chi connectivity index (χ4v) is 5.28.